The van der Waals surface area contributed by atoms with Crippen LogP contribution in [0.3, 0.4) is 0 Å². The average Bonchev–Trinajstić information content (AvgIpc) is 2.07. The summed E-state index contributed by atoms with van der Waals surface area (Å²) >= 11 is 5.15. The van der Waals surface area contributed by atoms with Crippen molar-refractivity contribution in [2.24, 2.45) is 5.73 Å². The first kappa shape index (κ1) is 9.85. The molecule has 2 nitrogen and oxygen atoms in total. The van der Waals surface area contributed by atoms with Gasteiger partial charge in [-0.3, -0.25) is 4.79 Å². The number of carbonyl (C=O) groups excluding carboxylic acids is 1. The van der Waals surface area contributed by atoms with Crippen molar-refractivity contribution in [2.45, 2.75) is 0 Å². The molecule has 1 amide bonds. The van der Waals surface area contributed by atoms with Gasteiger partial charge in [-0.25, -0.2) is 13.2 Å². The molecule has 0 spiro atoms. The fourth-order valence-electron chi connectivity index (χ4n) is 0.752. The molecule has 0 aliphatic rings. The minimum Gasteiger partial charge on any atom is -0.366 e. The zero-order valence-corrected chi connectivity index (χ0v) is 6.83. The maximum atomic E-state index is 12.7. The zero-order chi connectivity index (χ0) is 10.2. The predicted octanol–water partition coefficient (Wildman–Crippen LogP) is 1.86. The standard InChI is InChI=1S/C7H3ClF3NO/c8-3-1-2(7(12)13)4(9)6(11)5(3)10/h1H,(H2,12,13). The molecule has 13 heavy (non-hydrogen) atoms. The number of primary amides is 1. The van der Waals surface area contributed by atoms with Gasteiger partial charge < -0.3 is 5.73 Å². The molecule has 0 bridgehead atoms. The van der Waals surface area contributed by atoms with E-state index >= 15 is 0 Å². The van der Waals surface area contributed by atoms with Crippen molar-refractivity contribution >= 4 is 17.5 Å². The predicted molar refractivity (Wildman–Crippen MR) is 39.8 cm³/mol. The van der Waals surface area contributed by atoms with Gasteiger partial charge in [-0.05, 0) is 6.07 Å². The lowest BCUT2D eigenvalue weighted by Gasteiger charge is -2.01. The van der Waals surface area contributed by atoms with Gasteiger partial charge in [-0.2, -0.15) is 0 Å². The molecule has 1 rings (SSSR count). The van der Waals surface area contributed by atoms with Crippen molar-refractivity contribution < 1.29 is 18.0 Å². The first-order chi connectivity index (χ1) is 5.95. The second-order valence-electron chi connectivity index (χ2n) is 2.21. The van der Waals surface area contributed by atoms with E-state index in [1.807, 2.05) is 0 Å². The molecule has 2 N–H and O–H groups in total. The van der Waals surface area contributed by atoms with Crippen molar-refractivity contribution in [3.05, 3.63) is 34.1 Å². The third-order valence-corrected chi connectivity index (χ3v) is 1.64. The van der Waals surface area contributed by atoms with E-state index in [2.05, 4.69) is 5.73 Å². The first-order valence-electron chi connectivity index (χ1n) is 3.08. The molecular weight excluding hydrogens is 207 g/mol. The van der Waals surface area contributed by atoms with E-state index in [0.29, 0.717) is 6.07 Å². The first-order valence-corrected chi connectivity index (χ1v) is 3.45. The Morgan fingerprint density at radius 2 is 1.77 bits per heavy atom. The number of halogens is 4. The van der Waals surface area contributed by atoms with Crippen LogP contribution >= 0.6 is 11.6 Å². The highest BCUT2D eigenvalue weighted by atomic mass is 35.5. The Labute approximate surface area is 76.1 Å². The van der Waals surface area contributed by atoms with Gasteiger partial charge in [-0.1, -0.05) is 11.6 Å². The van der Waals surface area contributed by atoms with Crippen LogP contribution in [0, 0.1) is 17.5 Å². The monoisotopic (exact) mass is 209 g/mol. The molecule has 1 aromatic rings. The number of carbonyl (C=O) groups is 1. The lowest BCUT2D eigenvalue weighted by atomic mass is 10.2. The van der Waals surface area contributed by atoms with Gasteiger partial charge >= 0.3 is 0 Å². The van der Waals surface area contributed by atoms with E-state index in [0.717, 1.165) is 0 Å². The summed E-state index contributed by atoms with van der Waals surface area (Å²) in [4.78, 5) is 10.5. The quantitative estimate of drug-likeness (QED) is 0.557. The van der Waals surface area contributed by atoms with E-state index in [4.69, 9.17) is 11.6 Å². The van der Waals surface area contributed by atoms with Gasteiger partial charge in [-0.15, -0.1) is 0 Å². The Hall–Kier alpha value is -1.23. The summed E-state index contributed by atoms with van der Waals surface area (Å²) in [5.41, 5.74) is 3.90. The third kappa shape index (κ3) is 1.60. The molecule has 0 fully saturated rings. The maximum absolute atomic E-state index is 12.7. The molecule has 0 saturated heterocycles. The number of hydrogen-bond donors (Lipinski definition) is 1. The summed E-state index contributed by atoms with van der Waals surface area (Å²) in [6, 6.07) is 0.637. The SMILES string of the molecule is NC(=O)c1cc(Cl)c(F)c(F)c1F. The number of rotatable bonds is 1. The van der Waals surface area contributed by atoms with Gasteiger partial charge in [0, 0.05) is 0 Å². The largest absolute Gasteiger partial charge is 0.366 e. The molecule has 0 atom stereocenters. The number of nitrogens with two attached hydrogens (primary N) is 1. The summed E-state index contributed by atoms with van der Waals surface area (Å²) in [6.07, 6.45) is 0. The van der Waals surface area contributed by atoms with E-state index in [9.17, 15) is 18.0 Å². The van der Waals surface area contributed by atoms with Crippen LogP contribution in [0.1, 0.15) is 10.4 Å². The molecule has 1 aromatic carbocycles. The maximum Gasteiger partial charge on any atom is 0.251 e. The minimum absolute atomic E-state index is 0.637. The smallest absolute Gasteiger partial charge is 0.251 e. The lowest BCUT2D eigenvalue weighted by molar-refractivity contribution is 0.0995. The van der Waals surface area contributed by atoms with Gasteiger partial charge in [0.25, 0.3) is 5.91 Å². The number of amides is 1. The molecule has 0 aliphatic carbocycles. The van der Waals surface area contributed by atoms with Gasteiger partial charge in [0.15, 0.2) is 17.5 Å². The number of benzene rings is 1. The Morgan fingerprint density at radius 1 is 1.23 bits per heavy atom. The fraction of sp³-hybridized carbons (Fsp3) is 0. The summed E-state index contributed by atoms with van der Waals surface area (Å²) < 4.78 is 37.8. The third-order valence-electron chi connectivity index (χ3n) is 1.37. The van der Waals surface area contributed by atoms with Gasteiger partial charge in [0.2, 0.25) is 0 Å². The van der Waals surface area contributed by atoms with Crippen LogP contribution in [0.5, 0.6) is 0 Å². The summed E-state index contributed by atoms with van der Waals surface area (Å²) in [6.45, 7) is 0. The van der Waals surface area contributed by atoms with Gasteiger partial charge in [0.05, 0.1) is 10.6 Å². The summed E-state index contributed by atoms with van der Waals surface area (Å²) in [5, 5.41) is -0.687. The molecule has 6 heteroatoms. The minimum atomic E-state index is -1.80. The van der Waals surface area contributed by atoms with Crippen LogP contribution in [0.4, 0.5) is 13.2 Å². The molecule has 70 valence electrons. The molecule has 0 heterocycles. The van der Waals surface area contributed by atoms with Crippen molar-refractivity contribution in [3.63, 3.8) is 0 Å². The van der Waals surface area contributed by atoms with E-state index < -0.39 is 33.9 Å². The second-order valence-corrected chi connectivity index (χ2v) is 2.62. The van der Waals surface area contributed by atoms with Crippen LogP contribution < -0.4 is 5.73 Å². The molecule has 0 aromatic heterocycles. The highest BCUT2D eigenvalue weighted by molar-refractivity contribution is 6.31. The Bertz CT molecular complexity index is 380. The lowest BCUT2D eigenvalue weighted by Crippen LogP contribution is -2.15. The topological polar surface area (TPSA) is 43.1 Å². The van der Waals surface area contributed by atoms with Crippen LogP contribution in [0.2, 0.25) is 5.02 Å². The van der Waals surface area contributed by atoms with Crippen molar-refractivity contribution in [2.75, 3.05) is 0 Å². The summed E-state index contributed by atoms with van der Waals surface area (Å²) in [7, 11) is 0. The highest BCUT2D eigenvalue weighted by Gasteiger charge is 2.20. The van der Waals surface area contributed by atoms with Crippen LogP contribution in [0.25, 0.3) is 0 Å². The molecule has 0 aliphatic heterocycles. The Balaban J connectivity index is 3.50. The molecular formula is C7H3ClF3NO. The Morgan fingerprint density at radius 3 is 2.23 bits per heavy atom. The van der Waals surface area contributed by atoms with Crippen LogP contribution in [-0.2, 0) is 0 Å². The van der Waals surface area contributed by atoms with Crippen LogP contribution in [-0.4, -0.2) is 5.91 Å². The average molecular weight is 210 g/mol. The molecule has 0 unspecified atom stereocenters. The van der Waals surface area contributed by atoms with E-state index in [-0.39, 0.29) is 0 Å². The fourth-order valence-corrected chi connectivity index (χ4v) is 0.944. The summed E-state index contributed by atoms with van der Waals surface area (Å²) in [5.74, 6) is -6.18. The van der Waals surface area contributed by atoms with Crippen molar-refractivity contribution in [1.82, 2.24) is 0 Å². The highest BCUT2D eigenvalue weighted by Crippen LogP contribution is 2.22. The molecule has 0 radical (unpaired) electrons. The van der Waals surface area contributed by atoms with Gasteiger partial charge in [0.1, 0.15) is 0 Å². The van der Waals surface area contributed by atoms with Crippen molar-refractivity contribution in [3.8, 4) is 0 Å². The Kier molecular flexibility index (Phi) is 2.47. The van der Waals surface area contributed by atoms with E-state index in [1.165, 1.54) is 0 Å². The zero-order valence-electron chi connectivity index (χ0n) is 6.07. The normalized spacial score (nSPS) is 10.2. The van der Waals surface area contributed by atoms with Crippen molar-refractivity contribution in [1.29, 1.82) is 0 Å². The van der Waals surface area contributed by atoms with E-state index in [1.54, 1.807) is 0 Å². The van der Waals surface area contributed by atoms with Crippen LogP contribution in [0.15, 0.2) is 6.07 Å². The molecule has 0 saturated carbocycles. The number of hydrogen-bond acceptors (Lipinski definition) is 1. The second kappa shape index (κ2) is 3.26.